The van der Waals surface area contributed by atoms with Crippen LogP contribution in [-0.2, 0) is 47.6 Å². The summed E-state index contributed by atoms with van der Waals surface area (Å²) in [5.41, 5.74) is 3.59. The molecule has 760 valence electrons. The Hall–Kier alpha value is -14.0. The monoisotopic (exact) mass is 2020 g/mol. The summed E-state index contributed by atoms with van der Waals surface area (Å²) in [5, 5.41) is 24.4. The maximum absolute atomic E-state index is 13.6. The van der Waals surface area contributed by atoms with E-state index in [1.54, 1.807) is 91.3 Å². The molecule has 0 radical (unpaired) electrons. The molecule has 5 atom stereocenters. The molecule has 0 bridgehead atoms. The summed E-state index contributed by atoms with van der Waals surface area (Å²) in [6, 6.07) is 46.1. The van der Waals surface area contributed by atoms with Crippen molar-refractivity contribution in [2.75, 3.05) is 0 Å². The highest BCUT2D eigenvalue weighted by Gasteiger charge is 2.57. The highest BCUT2D eigenvalue weighted by molar-refractivity contribution is 8.00. The van der Waals surface area contributed by atoms with E-state index in [-0.39, 0.29) is 48.6 Å². The Morgan fingerprint density at radius 2 is 0.624 bits per heavy atom. The number of aromatic nitrogens is 8. The number of rotatable bonds is 13. The molecular formula is C97H107F14N13O15S2. The van der Waals surface area contributed by atoms with Gasteiger partial charge in [0.25, 0.3) is 0 Å². The molecule has 4 amide bonds. The largest absolute Gasteiger partial charge is 0.524 e. The highest BCUT2D eigenvalue weighted by Crippen LogP contribution is 2.36. The van der Waals surface area contributed by atoms with Crippen molar-refractivity contribution in [3.05, 3.63) is 269 Å². The third-order valence-electron chi connectivity index (χ3n) is 18.0. The number of ether oxygens (including phenoxy) is 4. The average Bonchev–Trinajstić information content (AvgIpc) is 0.780. The maximum Gasteiger partial charge on any atom is 0.524 e. The quantitative estimate of drug-likeness (QED) is 0.0270. The summed E-state index contributed by atoms with van der Waals surface area (Å²) in [7, 11) is -13.7. The molecule has 7 N–H and O–H groups in total. The number of benzene rings is 5. The maximum atomic E-state index is 13.6. The van der Waals surface area contributed by atoms with Gasteiger partial charge in [-0.05, 0) is 307 Å². The van der Waals surface area contributed by atoms with Crippen LogP contribution in [0.3, 0.4) is 0 Å². The first-order valence-corrected chi connectivity index (χ1v) is 45.3. The number of nitrogens with two attached hydrogens (primary N) is 1. The van der Waals surface area contributed by atoms with Gasteiger partial charge in [0.15, 0.2) is 0 Å². The molecule has 0 unspecified atom stereocenters. The third-order valence-corrected chi connectivity index (χ3v) is 20.6. The SMILES string of the molecule is C[C@H](N)c1nc2ccc(F)cc2cc1-c1ccccn1.C[C@H](NC(=O)OC(C)(C)C)c1nc2ccc(F)cc2cc1-c1ccccn1.C[C@H](NC(=O)OC(C)(C)C)c1nc2ccc(F)cc2cc1O.Cc1cc2cc(F)ccc2nc1[C@H](C)NC(=O)OC(C)(C)C.Cc1cc2cc(F)ccc2nc1[C@H](C)NC(=O)OC(C)(C)C.Cc1ccccn1.O=CC(F)(F)F.O=S(=O)(OS(=O)(=O)C(F)(F)F)C(F)(F)F.[HH]. The molecule has 44 heteroatoms. The fraction of sp³-hybridized carbons (Fsp3) is 0.330. The minimum Gasteiger partial charge on any atom is -0.506 e. The third kappa shape index (κ3) is 37.9. The van der Waals surface area contributed by atoms with Crippen LogP contribution in [0.15, 0.2) is 195 Å². The first-order chi connectivity index (χ1) is 65.0. The lowest BCUT2D eigenvalue weighted by Crippen LogP contribution is -2.34. The Labute approximate surface area is 805 Å². The Kier molecular flexibility index (Phi) is 40.0. The van der Waals surface area contributed by atoms with E-state index in [0.29, 0.717) is 49.9 Å². The number of aldehydes is 1. The van der Waals surface area contributed by atoms with E-state index in [0.717, 1.165) is 72.4 Å². The summed E-state index contributed by atoms with van der Waals surface area (Å²) >= 11 is 0. The van der Waals surface area contributed by atoms with E-state index in [1.807, 2.05) is 173 Å². The van der Waals surface area contributed by atoms with Crippen molar-refractivity contribution >= 4 is 105 Å². The molecule has 0 saturated heterocycles. The van der Waals surface area contributed by atoms with Gasteiger partial charge >= 0.3 is 61.8 Å². The second-order valence-electron chi connectivity index (χ2n) is 35.0. The molecule has 0 aliphatic rings. The Morgan fingerprint density at radius 1 is 0.369 bits per heavy atom. The van der Waals surface area contributed by atoms with Crippen molar-refractivity contribution < 1.29 is 131 Å². The molecule has 0 aliphatic heterocycles. The number of carbonyl (C=O) groups excluding carboxylic acids is 5. The molecule has 141 heavy (non-hydrogen) atoms. The zero-order valence-corrected chi connectivity index (χ0v) is 81.5. The van der Waals surface area contributed by atoms with E-state index in [9.17, 15) is 103 Å². The van der Waals surface area contributed by atoms with Crippen molar-refractivity contribution in [1.29, 1.82) is 0 Å². The van der Waals surface area contributed by atoms with Gasteiger partial charge in [0, 0.05) is 69.8 Å². The summed E-state index contributed by atoms with van der Waals surface area (Å²) in [6.07, 6.45) is -2.61. The fourth-order valence-corrected chi connectivity index (χ4v) is 13.8. The summed E-state index contributed by atoms with van der Waals surface area (Å²) in [6.45, 7) is 36.4. The topological polar surface area (TPSA) is 397 Å². The number of carbonyl (C=O) groups is 5. The lowest BCUT2D eigenvalue weighted by molar-refractivity contribution is -0.156. The van der Waals surface area contributed by atoms with Crippen molar-refractivity contribution in [3.8, 4) is 28.3 Å². The zero-order chi connectivity index (χ0) is 106. The molecule has 13 aromatic rings. The predicted octanol–water partition coefficient (Wildman–Crippen LogP) is 23.8. The standard InChI is InChI=1S/C21H22FN3O2.2C17H21FN2O2.C16H14FN3.C16H19FN2O3.C6H7N.C2F6O5S2.C2HF3O.H2/c1-13(24-20(26)27-21(2,3)4)19-16(18-7-5-6-10-23-18)12-14-11-15(22)8-9-17(14)25-19;2*1-10-8-12-9-13(18)6-7-14(12)20-15(10)11(2)19-16(21)22-17(3,4)5;1-10(18)16-13(15-4-2-3-7-19-15)9-11-8-12(17)5-6-14(11)20-16;1-9(18-15(21)22-16(2,3)4)14-13(20)8-10-7-11(17)5-6-12(10)19-14;1-6-4-2-3-5-7-6;3-1(4,5)14(9,10)13-15(11,12)2(6,7)8;3-2(4,5)1-6;/h5-13H,1-4H3,(H,24,26);2*6-9,11H,1-5H3,(H,19,21);2-10H,18H2,1H3;5-9,20H,1-4H3,(H,18,21);2-5H,1H3;;1H;1H/t13-;2*11-;10-;9-;;;;/m00000..../s1. The van der Waals surface area contributed by atoms with Gasteiger partial charge in [0.1, 0.15) is 62.9 Å². The molecule has 8 heterocycles. The van der Waals surface area contributed by atoms with E-state index in [4.69, 9.17) is 29.5 Å². The number of alkyl halides is 9. The predicted molar refractivity (Wildman–Crippen MR) is 504 cm³/mol. The van der Waals surface area contributed by atoms with Crippen LogP contribution in [-0.4, -0.2) is 132 Å². The van der Waals surface area contributed by atoms with E-state index in [1.165, 1.54) is 72.8 Å². The van der Waals surface area contributed by atoms with Crippen LogP contribution in [0.2, 0.25) is 0 Å². The molecule has 0 saturated carbocycles. The van der Waals surface area contributed by atoms with E-state index < -0.39 is 108 Å². The lowest BCUT2D eigenvalue weighted by Gasteiger charge is -2.23. The number of nitrogens with zero attached hydrogens (tertiary/aromatic N) is 8. The second-order valence-corrected chi connectivity index (χ2v) is 38.3. The minimum atomic E-state index is -6.85. The van der Waals surface area contributed by atoms with Crippen LogP contribution in [0, 0.1) is 49.9 Å². The normalized spacial score (nSPS) is 12.8. The Bertz CT molecular complexity index is 6440. The summed E-state index contributed by atoms with van der Waals surface area (Å²) in [5.74, 6) is -1.70. The van der Waals surface area contributed by atoms with Crippen molar-refractivity contribution in [2.45, 2.75) is 208 Å². The smallest absolute Gasteiger partial charge is 0.506 e. The first kappa shape index (κ1) is 116. The molecule has 8 aromatic heterocycles. The van der Waals surface area contributed by atoms with Gasteiger partial charge in [0.05, 0.1) is 85.9 Å². The first-order valence-electron chi connectivity index (χ1n) is 42.4. The van der Waals surface area contributed by atoms with Gasteiger partial charge in [-0.25, -0.2) is 51.1 Å². The number of hydrogen-bond donors (Lipinski definition) is 6. The van der Waals surface area contributed by atoms with Gasteiger partial charge in [0.2, 0.25) is 6.29 Å². The zero-order valence-electron chi connectivity index (χ0n) is 79.9. The van der Waals surface area contributed by atoms with Crippen molar-refractivity contribution in [2.24, 2.45) is 5.73 Å². The molecular weight excluding hydrogens is 1920 g/mol. The van der Waals surface area contributed by atoms with E-state index >= 15 is 0 Å². The lowest BCUT2D eigenvalue weighted by atomic mass is 10.0. The van der Waals surface area contributed by atoms with Crippen molar-refractivity contribution in [3.63, 3.8) is 0 Å². The van der Waals surface area contributed by atoms with Crippen LogP contribution < -0.4 is 27.0 Å². The highest BCUT2D eigenvalue weighted by atomic mass is 32.3. The van der Waals surface area contributed by atoms with Gasteiger partial charge in [-0.15, -0.1) is 3.63 Å². The van der Waals surface area contributed by atoms with Gasteiger partial charge < -0.3 is 51.1 Å². The molecule has 13 rings (SSSR count). The second kappa shape index (κ2) is 48.7. The molecule has 0 spiro atoms. The number of aryl methyl sites for hydroxylation is 3. The number of pyridine rings is 8. The van der Waals surface area contributed by atoms with Crippen LogP contribution in [0.4, 0.5) is 80.6 Å². The molecule has 28 nitrogen and oxygen atoms in total. The van der Waals surface area contributed by atoms with Crippen LogP contribution >= 0.6 is 0 Å². The van der Waals surface area contributed by atoms with Crippen LogP contribution in [0.5, 0.6) is 5.75 Å². The molecule has 0 aliphatic carbocycles. The molecule has 0 fully saturated rings. The number of aromatic hydroxyl groups is 1. The molecule has 5 aromatic carbocycles. The summed E-state index contributed by atoms with van der Waals surface area (Å²) in [4.78, 5) is 91.6. The number of alkyl carbamates (subject to hydrolysis) is 4. The Balaban J connectivity index is 0.000000294. The number of hydrogen-bond acceptors (Lipinski definition) is 24. The van der Waals surface area contributed by atoms with Gasteiger partial charge in [-0.1, -0.05) is 18.2 Å². The number of fused-ring (bicyclic) bond motifs is 5. The number of nitrogens with one attached hydrogen (secondary N) is 4. The fourth-order valence-electron chi connectivity index (χ4n) is 12.2. The van der Waals surface area contributed by atoms with Gasteiger partial charge in [-0.2, -0.15) is 56.3 Å². The van der Waals surface area contributed by atoms with Crippen LogP contribution in [0.1, 0.15) is 195 Å². The Morgan fingerprint density at radius 3 is 0.879 bits per heavy atom. The minimum absolute atomic E-state index is 0. The van der Waals surface area contributed by atoms with Gasteiger partial charge in [-0.3, -0.25) is 34.7 Å². The average molecular weight is 2030 g/mol. The van der Waals surface area contributed by atoms with Crippen molar-refractivity contribution in [1.82, 2.24) is 61.1 Å². The van der Waals surface area contributed by atoms with Crippen LogP contribution in [0.25, 0.3) is 77.0 Å². The van der Waals surface area contributed by atoms with E-state index in [2.05, 4.69) is 61.1 Å². The summed E-state index contributed by atoms with van der Waals surface area (Å²) < 4.78 is 229. The number of halogens is 14. The number of amides is 4.